The van der Waals surface area contributed by atoms with Crippen LogP contribution >= 0.6 is 0 Å². The molecule has 0 aliphatic heterocycles. The van der Waals surface area contributed by atoms with Crippen LogP contribution in [0.5, 0.6) is 0 Å². The molecule has 7 nitrogen and oxygen atoms in total. The number of amides is 3. The molecular weight excluding hydrogens is 238 g/mol. The lowest BCUT2D eigenvalue weighted by Gasteiger charge is -2.16. The van der Waals surface area contributed by atoms with Crippen molar-refractivity contribution in [1.82, 2.24) is 16.0 Å². The highest BCUT2D eigenvalue weighted by atomic mass is 16.4. The van der Waals surface area contributed by atoms with Crippen LogP contribution in [-0.2, 0) is 9.59 Å². The van der Waals surface area contributed by atoms with Crippen LogP contribution in [0, 0.1) is 11.8 Å². The smallest absolute Gasteiger partial charge is 0.314 e. The fourth-order valence-corrected chi connectivity index (χ4v) is 1.29. The van der Waals surface area contributed by atoms with E-state index in [0.717, 1.165) is 0 Å². The average Bonchev–Trinajstić information content (AvgIpc) is 2.27. The van der Waals surface area contributed by atoms with E-state index in [0.29, 0.717) is 0 Å². The third-order valence-corrected chi connectivity index (χ3v) is 2.52. The first-order valence-corrected chi connectivity index (χ1v) is 5.83. The highest BCUT2D eigenvalue weighted by molar-refractivity contribution is 5.78. The van der Waals surface area contributed by atoms with Gasteiger partial charge in [0.2, 0.25) is 5.91 Å². The van der Waals surface area contributed by atoms with Gasteiger partial charge in [-0.2, -0.15) is 0 Å². The standard InChI is InChI=1S/C11H21N3O4/c1-7(2)8(10(16)17)6-14-11(18)13-5-4-9(15)12-3/h7-8H,4-6H2,1-3H3,(H,12,15)(H,16,17)(H2,13,14,18). The van der Waals surface area contributed by atoms with E-state index in [-0.39, 0.29) is 31.3 Å². The van der Waals surface area contributed by atoms with E-state index >= 15 is 0 Å². The summed E-state index contributed by atoms with van der Waals surface area (Å²) >= 11 is 0. The maximum atomic E-state index is 11.3. The SMILES string of the molecule is CNC(=O)CCNC(=O)NCC(C(=O)O)C(C)C. The molecule has 0 saturated heterocycles. The molecule has 0 radical (unpaired) electrons. The van der Waals surface area contributed by atoms with E-state index in [1.807, 2.05) is 0 Å². The first kappa shape index (κ1) is 16.2. The second-order valence-electron chi connectivity index (χ2n) is 4.25. The fraction of sp³-hybridized carbons (Fsp3) is 0.727. The molecule has 0 heterocycles. The molecule has 0 aromatic carbocycles. The summed E-state index contributed by atoms with van der Waals surface area (Å²) in [6.45, 7) is 3.84. The van der Waals surface area contributed by atoms with Crippen molar-refractivity contribution in [3.05, 3.63) is 0 Å². The molecule has 0 aromatic rings. The Morgan fingerprint density at radius 3 is 2.22 bits per heavy atom. The molecule has 1 atom stereocenters. The Bertz CT molecular complexity index is 305. The number of urea groups is 1. The van der Waals surface area contributed by atoms with E-state index in [1.165, 1.54) is 7.05 Å². The van der Waals surface area contributed by atoms with E-state index in [2.05, 4.69) is 16.0 Å². The zero-order valence-electron chi connectivity index (χ0n) is 10.9. The van der Waals surface area contributed by atoms with Crippen LogP contribution in [0.4, 0.5) is 4.79 Å². The second kappa shape index (κ2) is 8.32. The van der Waals surface area contributed by atoms with Gasteiger partial charge in [-0.05, 0) is 5.92 Å². The van der Waals surface area contributed by atoms with Crippen LogP contribution < -0.4 is 16.0 Å². The minimum Gasteiger partial charge on any atom is -0.481 e. The quantitative estimate of drug-likeness (QED) is 0.507. The van der Waals surface area contributed by atoms with E-state index in [1.54, 1.807) is 13.8 Å². The summed E-state index contributed by atoms with van der Waals surface area (Å²) in [5, 5.41) is 16.3. The lowest BCUT2D eigenvalue weighted by molar-refractivity contribution is -0.142. The van der Waals surface area contributed by atoms with Gasteiger partial charge in [0, 0.05) is 26.6 Å². The summed E-state index contributed by atoms with van der Waals surface area (Å²) in [4.78, 5) is 33.1. The predicted molar refractivity (Wildman–Crippen MR) is 66.0 cm³/mol. The van der Waals surface area contributed by atoms with Crippen LogP contribution in [0.3, 0.4) is 0 Å². The van der Waals surface area contributed by atoms with Crippen molar-refractivity contribution >= 4 is 17.9 Å². The first-order valence-electron chi connectivity index (χ1n) is 5.83. The number of hydrogen-bond donors (Lipinski definition) is 4. The Balaban J connectivity index is 3.88. The first-order chi connectivity index (χ1) is 8.38. The number of rotatable bonds is 7. The molecule has 0 aliphatic carbocycles. The Morgan fingerprint density at radius 1 is 1.17 bits per heavy atom. The van der Waals surface area contributed by atoms with Gasteiger partial charge in [0.1, 0.15) is 0 Å². The molecule has 0 spiro atoms. The molecule has 3 amide bonds. The third kappa shape index (κ3) is 6.72. The number of hydrogen-bond acceptors (Lipinski definition) is 3. The summed E-state index contributed by atoms with van der Waals surface area (Å²) in [6.07, 6.45) is 0.191. The molecule has 7 heteroatoms. The summed E-state index contributed by atoms with van der Waals surface area (Å²) in [7, 11) is 1.52. The van der Waals surface area contributed by atoms with Gasteiger partial charge in [0.25, 0.3) is 0 Å². The zero-order chi connectivity index (χ0) is 14.1. The lowest BCUT2D eigenvalue weighted by Crippen LogP contribution is -2.42. The molecule has 0 saturated carbocycles. The fourth-order valence-electron chi connectivity index (χ4n) is 1.29. The molecule has 0 fully saturated rings. The molecule has 0 bridgehead atoms. The van der Waals surface area contributed by atoms with Gasteiger partial charge in [-0.3, -0.25) is 9.59 Å². The van der Waals surface area contributed by atoms with Crippen molar-refractivity contribution in [2.45, 2.75) is 20.3 Å². The molecule has 18 heavy (non-hydrogen) atoms. The van der Waals surface area contributed by atoms with Crippen molar-refractivity contribution in [1.29, 1.82) is 0 Å². The zero-order valence-corrected chi connectivity index (χ0v) is 10.9. The minimum absolute atomic E-state index is 0.0614. The Morgan fingerprint density at radius 2 is 1.78 bits per heavy atom. The normalized spacial score (nSPS) is 11.8. The number of carboxylic acid groups (broad SMARTS) is 1. The Hall–Kier alpha value is -1.79. The highest BCUT2D eigenvalue weighted by Gasteiger charge is 2.21. The Kier molecular flexibility index (Phi) is 7.50. The van der Waals surface area contributed by atoms with Gasteiger partial charge in [-0.15, -0.1) is 0 Å². The number of carbonyl (C=O) groups is 3. The van der Waals surface area contributed by atoms with E-state index < -0.39 is 17.9 Å². The summed E-state index contributed by atoms with van der Waals surface area (Å²) < 4.78 is 0. The monoisotopic (exact) mass is 259 g/mol. The molecule has 0 aliphatic rings. The minimum atomic E-state index is -0.935. The van der Waals surface area contributed by atoms with Crippen molar-refractivity contribution < 1.29 is 19.5 Å². The van der Waals surface area contributed by atoms with Crippen LogP contribution in [0.2, 0.25) is 0 Å². The van der Waals surface area contributed by atoms with Gasteiger partial charge >= 0.3 is 12.0 Å². The van der Waals surface area contributed by atoms with Crippen LogP contribution in [0.15, 0.2) is 0 Å². The van der Waals surface area contributed by atoms with Crippen molar-refractivity contribution in [3.8, 4) is 0 Å². The Labute approximate surface area is 106 Å². The highest BCUT2D eigenvalue weighted by Crippen LogP contribution is 2.09. The molecule has 1 unspecified atom stereocenters. The number of nitrogens with one attached hydrogen (secondary N) is 3. The molecule has 0 aromatic heterocycles. The predicted octanol–water partition coefficient (Wildman–Crippen LogP) is -0.221. The summed E-state index contributed by atoms with van der Waals surface area (Å²) in [5.41, 5.74) is 0. The average molecular weight is 259 g/mol. The third-order valence-electron chi connectivity index (χ3n) is 2.52. The van der Waals surface area contributed by atoms with Crippen LogP contribution in [-0.4, -0.2) is 43.2 Å². The summed E-state index contributed by atoms with van der Waals surface area (Å²) in [6, 6.07) is -0.467. The number of carbonyl (C=O) groups excluding carboxylic acids is 2. The van der Waals surface area contributed by atoms with Gasteiger partial charge in [-0.1, -0.05) is 13.8 Å². The van der Waals surface area contributed by atoms with Gasteiger partial charge < -0.3 is 21.1 Å². The number of carboxylic acids is 1. The van der Waals surface area contributed by atoms with Crippen LogP contribution in [0.1, 0.15) is 20.3 Å². The molecule has 0 rings (SSSR count). The van der Waals surface area contributed by atoms with E-state index in [4.69, 9.17) is 5.11 Å². The molecule has 104 valence electrons. The van der Waals surface area contributed by atoms with Crippen molar-refractivity contribution in [3.63, 3.8) is 0 Å². The number of aliphatic carboxylic acids is 1. The lowest BCUT2D eigenvalue weighted by atomic mass is 9.96. The van der Waals surface area contributed by atoms with Crippen molar-refractivity contribution in [2.24, 2.45) is 11.8 Å². The van der Waals surface area contributed by atoms with Gasteiger partial charge in [-0.25, -0.2) is 4.79 Å². The van der Waals surface area contributed by atoms with Crippen molar-refractivity contribution in [2.75, 3.05) is 20.1 Å². The second-order valence-corrected chi connectivity index (χ2v) is 4.25. The summed E-state index contributed by atoms with van der Waals surface area (Å²) in [5.74, 6) is -1.78. The topological polar surface area (TPSA) is 108 Å². The van der Waals surface area contributed by atoms with Gasteiger partial charge in [0.05, 0.1) is 5.92 Å². The molecular formula is C11H21N3O4. The van der Waals surface area contributed by atoms with E-state index in [9.17, 15) is 14.4 Å². The van der Waals surface area contributed by atoms with Crippen LogP contribution in [0.25, 0.3) is 0 Å². The maximum Gasteiger partial charge on any atom is 0.314 e. The molecule has 4 N–H and O–H groups in total. The largest absolute Gasteiger partial charge is 0.481 e. The van der Waals surface area contributed by atoms with Gasteiger partial charge in [0.15, 0.2) is 0 Å². The maximum absolute atomic E-state index is 11.3.